The molecule has 2 heterocycles. The number of ether oxygens (including phenoxy) is 1. The standard InChI is InChI=1S/C15H22N4O/c1-3-15-17-13-8-11(16)4-5-14(13)19(15)10-12-9-18(2)6-7-20-12/h4-5,8,12H,3,6-7,9-10,16H2,1-2H3. The van der Waals surface area contributed by atoms with Crippen LogP contribution in [0.1, 0.15) is 12.7 Å². The monoisotopic (exact) mass is 274 g/mol. The van der Waals surface area contributed by atoms with Crippen molar-refractivity contribution in [2.75, 3.05) is 32.5 Å². The van der Waals surface area contributed by atoms with Crippen LogP contribution in [0.25, 0.3) is 11.0 Å². The number of rotatable bonds is 3. The van der Waals surface area contributed by atoms with Gasteiger partial charge in [-0.15, -0.1) is 0 Å². The Morgan fingerprint density at radius 3 is 3.05 bits per heavy atom. The van der Waals surface area contributed by atoms with Crippen LogP contribution in [0.5, 0.6) is 0 Å². The molecule has 0 bridgehead atoms. The maximum absolute atomic E-state index is 5.88. The van der Waals surface area contributed by atoms with Crippen molar-refractivity contribution in [2.24, 2.45) is 0 Å². The molecule has 1 aliphatic rings. The number of aryl methyl sites for hydroxylation is 1. The molecule has 1 fully saturated rings. The molecule has 5 nitrogen and oxygen atoms in total. The van der Waals surface area contributed by atoms with E-state index in [-0.39, 0.29) is 6.10 Å². The summed E-state index contributed by atoms with van der Waals surface area (Å²) < 4.78 is 8.16. The van der Waals surface area contributed by atoms with Gasteiger partial charge in [0.25, 0.3) is 0 Å². The van der Waals surface area contributed by atoms with Crippen molar-refractivity contribution in [1.82, 2.24) is 14.5 Å². The van der Waals surface area contributed by atoms with E-state index in [1.54, 1.807) is 0 Å². The predicted molar refractivity (Wildman–Crippen MR) is 80.8 cm³/mol. The second kappa shape index (κ2) is 5.42. The molecule has 1 unspecified atom stereocenters. The molecular formula is C15H22N4O. The molecule has 0 radical (unpaired) electrons. The van der Waals surface area contributed by atoms with Gasteiger partial charge < -0.3 is 19.9 Å². The van der Waals surface area contributed by atoms with Crippen molar-refractivity contribution in [3.05, 3.63) is 24.0 Å². The number of hydrogen-bond acceptors (Lipinski definition) is 4. The van der Waals surface area contributed by atoms with E-state index in [0.717, 1.165) is 55.2 Å². The average molecular weight is 274 g/mol. The quantitative estimate of drug-likeness (QED) is 0.862. The lowest BCUT2D eigenvalue weighted by Crippen LogP contribution is -2.42. The van der Waals surface area contributed by atoms with Gasteiger partial charge in [0.2, 0.25) is 0 Å². The first kappa shape index (κ1) is 13.4. The Labute approximate surface area is 119 Å². The Hall–Kier alpha value is -1.59. The predicted octanol–water partition coefficient (Wildman–Crippen LogP) is 1.51. The number of aromatic nitrogens is 2. The summed E-state index contributed by atoms with van der Waals surface area (Å²) in [5.41, 5.74) is 8.73. The molecule has 1 aromatic heterocycles. The molecule has 1 atom stereocenters. The van der Waals surface area contributed by atoms with E-state index in [1.165, 1.54) is 0 Å². The highest BCUT2D eigenvalue weighted by Crippen LogP contribution is 2.21. The van der Waals surface area contributed by atoms with Crippen molar-refractivity contribution < 1.29 is 4.74 Å². The topological polar surface area (TPSA) is 56.3 Å². The van der Waals surface area contributed by atoms with Gasteiger partial charge in [0.1, 0.15) is 5.82 Å². The van der Waals surface area contributed by atoms with Gasteiger partial charge >= 0.3 is 0 Å². The zero-order valence-electron chi connectivity index (χ0n) is 12.2. The third kappa shape index (κ3) is 2.51. The van der Waals surface area contributed by atoms with Crippen LogP contribution >= 0.6 is 0 Å². The van der Waals surface area contributed by atoms with Gasteiger partial charge in [0.05, 0.1) is 30.3 Å². The van der Waals surface area contributed by atoms with E-state index in [9.17, 15) is 0 Å². The molecule has 1 aliphatic heterocycles. The summed E-state index contributed by atoms with van der Waals surface area (Å²) in [5, 5.41) is 0. The third-order valence-electron chi connectivity index (χ3n) is 3.90. The largest absolute Gasteiger partial charge is 0.399 e. The van der Waals surface area contributed by atoms with Gasteiger partial charge in [-0.05, 0) is 25.2 Å². The number of nitrogen functional groups attached to an aromatic ring is 1. The van der Waals surface area contributed by atoms with Gasteiger partial charge in [-0.1, -0.05) is 6.92 Å². The lowest BCUT2D eigenvalue weighted by Gasteiger charge is -2.30. The van der Waals surface area contributed by atoms with Crippen LogP contribution in [0.4, 0.5) is 5.69 Å². The second-order valence-electron chi connectivity index (χ2n) is 5.50. The molecule has 0 spiro atoms. The number of fused-ring (bicyclic) bond motifs is 1. The molecule has 0 aliphatic carbocycles. The van der Waals surface area contributed by atoms with Gasteiger partial charge in [-0.25, -0.2) is 4.98 Å². The number of benzene rings is 1. The number of likely N-dealkylation sites (N-methyl/N-ethyl adjacent to an activating group) is 1. The summed E-state index contributed by atoms with van der Waals surface area (Å²) in [5.74, 6) is 1.10. The number of nitrogens with zero attached hydrogens (tertiary/aromatic N) is 3. The Balaban J connectivity index is 1.93. The van der Waals surface area contributed by atoms with E-state index in [4.69, 9.17) is 15.5 Å². The van der Waals surface area contributed by atoms with E-state index in [2.05, 4.69) is 29.5 Å². The summed E-state index contributed by atoms with van der Waals surface area (Å²) in [7, 11) is 2.14. The zero-order valence-corrected chi connectivity index (χ0v) is 12.2. The Morgan fingerprint density at radius 2 is 2.30 bits per heavy atom. The Bertz CT molecular complexity index is 607. The molecule has 108 valence electrons. The molecule has 3 rings (SSSR count). The molecule has 2 N–H and O–H groups in total. The number of anilines is 1. The minimum Gasteiger partial charge on any atom is -0.399 e. The van der Waals surface area contributed by atoms with Crippen LogP contribution in [0.15, 0.2) is 18.2 Å². The fourth-order valence-corrected chi connectivity index (χ4v) is 2.85. The van der Waals surface area contributed by atoms with Crippen LogP contribution in [0.2, 0.25) is 0 Å². The van der Waals surface area contributed by atoms with E-state index >= 15 is 0 Å². The van der Waals surface area contributed by atoms with E-state index in [1.807, 2.05) is 12.1 Å². The molecule has 1 saturated heterocycles. The van der Waals surface area contributed by atoms with Gasteiger partial charge in [-0.3, -0.25) is 0 Å². The Morgan fingerprint density at radius 1 is 1.45 bits per heavy atom. The first-order chi connectivity index (χ1) is 9.67. The second-order valence-corrected chi connectivity index (χ2v) is 5.50. The number of hydrogen-bond donors (Lipinski definition) is 1. The summed E-state index contributed by atoms with van der Waals surface area (Å²) >= 11 is 0. The maximum atomic E-state index is 5.88. The Kier molecular flexibility index (Phi) is 3.63. The first-order valence-electron chi connectivity index (χ1n) is 7.22. The van der Waals surface area contributed by atoms with E-state index in [0.29, 0.717) is 0 Å². The normalized spacial score (nSPS) is 20.6. The van der Waals surface area contributed by atoms with Gasteiger partial charge in [0, 0.05) is 25.2 Å². The first-order valence-corrected chi connectivity index (χ1v) is 7.22. The van der Waals surface area contributed by atoms with Gasteiger partial charge in [0.15, 0.2) is 0 Å². The third-order valence-corrected chi connectivity index (χ3v) is 3.90. The number of imidazole rings is 1. The molecule has 1 aromatic carbocycles. The summed E-state index contributed by atoms with van der Waals surface area (Å²) in [4.78, 5) is 7.01. The van der Waals surface area contributed by atoms with Crippen LogP contribution in [-0.4, -0.2) is 47.3 Å². The minimum absolute atomic E-state index is 0.231. The van der Waals surface area contributed by atoms with E-state index < -0.39 is 0 Å². The summed E-state index contributed by atoms with van der Waals surface area (Å²) in [6, 6.07) is 5.94. The fourth-order valence-electron chi connectivity index (χ4n) is 2.85. The van der Waals surface area contributed by atoms with Crippen molar-refractivity contribution in [3.63, 3.8) is 0 Å². The lowest BCUT2D eigenvalue weighted by atomic mass is 10.2. The maximum Gasteiger partial charge on any atom is 0.109 e. The minimum atomic E-state index is 0.231. The summed E-state index contributed by atoms with van der Waals surface area (Å²) in [6.07, 6.45) is 1.14. The van der Waals surface area contributed by atoms with Crippen LogP contribution < -0.4 is 5.73 Å². The highest BCUT2D eigenvalue weighted by Gasteiger charge is 2.20. The van der Waals surface area contributed by atoms with Gasteiger partial charge in [-0.2, -0.15) is 0 Å². The van der Waals surface area contributed by atoms with Crippen molar-refractivity contribution in [1.29, 1.82) is 0 Å². The zero-order chi connectivity index (χ0) is 14.1. The molecule has 0 amide bonds. The van der Waals surface area contributed by atoms with Crippen molar-refractivity contribution >= 4 is 16.7 Å². The molecule has 5 heteroatoms. The smallest absolute Gasteiger partial charge is 0.109 e. The number of nitrogens with two attached hydrogens (primary N) is 1. The van der Waals surface area contributed by atoms with Crippen molar-refractivity contribution in [3.8, 4) is 0 Å². The summed E-state index contributed by atoms with van der Waals surface area (Å²) in [6.45, 7) is 5.78. The fraction of sp³-hybridized carbons (Fsp3) is 0.533. The average Bonchev–Trinajstić information content (AvgIpc) is 2.76. The van der Waals surface area contributed by atoms with Crippen molar-refractivity contribution in [2.45, 2.75) is 26.0 Å². The molecule has 0 saturated carbocycles. The number of morpholine rings is 1. The highest BCUT2D eigenvalue weighted by molar-refractivity contribution is 5.79. The molecule has 2 aromatic rings. The van der Waals surface area contributed by atoms with Crippen LogP contribution in [-0.2, 0) is 17.7 Å². The highest BCUT2D eigenvalue weighted by atomic mass is 16.5. The van der Waals surface area contributed by atoms with Crippen LogP contribution in [0, 0.1) is 0 Å². The SMILES string of the molecule is CCc1nc2cc(N)ccc2n1CC1CN(C)CCO1. The molecule has 20 heavy (non-hydrogen) atoms. The lowest BCUT2D eigenvalue weighted by molar-refractivity contribution is -0.0272. The van der Waals surface area contributed by atoms with Crippen LogP contribution in [0.3, 0.4) is 0 Å². The molecular weight excluding hydrogens is 252 g/mol.